The molecule has 2 aliphatic carbocycles. The minimum Gasteiger partial charge on any atom is -0.492 e. The molecule has 1 aromatic carbocycles. The van der Waals surface area contributed by atoms with Gasteiger partial charge in [-0.1, -0.05) is 64.8 Å². The van der Waals surface area contributed by atoms with Gasteiger partial charge in [-0.3, -0.25) is 4.90 Å². The number of aliphatic hydroxyl groups is 3. The molecule has 0 unspecified atom stereocenters. The van der Waals surface area contributed by atoms with E-state index in [4.69, 9.17) is 14.2 Å². The van der Waals surface area contributed by atoms with E-state index in [1.54, 1.807) is 0 Å². The van der Waals surface area contributed by atoms with E-state index in [0.29, 0.717) is 28.9 Å². The van der Waals surface area contributed by atoms with Crippen molar-refractivity contribution in [1.82, 2.24) is 4.90 Å². The number of aliphatic hydroxyl groups excluding tert-OH is 3. The molecule has 8 rings (SSSR count). The van der Waals surface area contributed by atoms with E-state index in [2.05, 4.69) is 41.3 Å². The van der Waals surface area contributed by atoms with E-state index in [1.165, 1.54) is 57.0 Å². The second-order valence-electron chi connectivity index (χ2n) is 15.6. The summed E-state index contributed by atoms with van der Waals surface area (Å²) < 4.78 is 17.9. The van der Waals surface area contributed by atoms with Crippen LogP contribution in [-0.4, -0.2) is 82.2 Å². The van der Waals surface area contributed by atoms with Gasteiger partial charge >= 0.3 is 5.97 Å². The van der Waals surface area contributed by atoms with Crippen LogP contribution in [-0.2, 0) is 25.4 Å². The zero-order valence-corrected chi connectivity index (χ0v) is 30.1. The van der Waals surface area contributed by atoms with Crippen LogP contribution in [0.5, 0.6) is 0 Å². The first-order valence-corrected chi connectivity index (χ1v) is 21.0. The molecule has 5 fully saturated rings. The van der Waals surface area contributed by atoms with Crippen molar-refractivity contribution in [2.24, 2.45) is 35.0 Å². The van der Waals surface area contributed by atoms with Gasteiger partial charge in [0.2, 0.25) is 5.76 Å². The van der Waals surface area contributed by atoms with Crippen LogP contribution in [0.2, 0.25) is 0 Å². The zero-order valence-electron chi connectivity index (χ0n) is 28.5. The fourth-order valence-electron chi connectivity index (χ4n) is 11.1. The molecular weight excluding hydrogens is 659 g/mol. The van der Waals surface area contributed by atoms with E-state index in [1.807, 2.05) is 21.6 Å². The highest BCUT2D eigenvalue weighted by Crippen LogP contribution is 2.60. The van der Waals surface area contributed by atoms with Gasteiger partial charge in [-0.2, -0.15) is 0 Å². The molecule has 0 amide bonds. The van der Waals surface area contributed by atoms with Gasteiger partial charge < -0.3 is 29.5 Å². The number of hydrogen-bond acceptors (Lipinski definition) is 10. The SMILES string of the molecule is COC1=C(CO)C(=O)OC1=C1OC2=CC[C@H]3CSSC[C@@H]4CCC5(CCCC5)[C@H]4C[C@H](O)[C@H]4C[C@H](Cc5ccccc5)C[C@H]([C@@H]2[C@@H]1CO)N34. The van der Waals surface area contributed by atoms with Crippen LogP contribution in [0.1, 0.15) is 69.8 Å². The van der Waals surface area contributed by atoms with Gasteiger partial charge in [-0.15, -0.1) is 0 Å². The first-order valence-electron chi connectivity index (χ1n) is 18.5. The van der Waals surface area contributed by atoms with Crippen LogP contribution >= 0.6 is 21.6 Å². The lowest BCUT2D eigenvalue weighted by molar-refractivity contribution is -0.134. The highest BCUT2D eigenvalue weighted by atomic mass is 33.1. The number of nitrogens with zero attached hydrogens (tertiary/aromatic N) is 1. The summed E-state index contributed by atoms with van der Waals surface area (Å²) in [6, 6.07) is 11.0. The molecule has 5 aliphatic heterocycles. The largest absolute Gasteiger partial charge is 0.492 e. The van der Waals surface area contributed by atoms with Crippen molar-refractivity contribution >= 4 is 27.6 Å². The number of rotatable bonds is 5. The topological polar surface area (TPSA) is 109 Å². The molecule has 266 valence electrons. The van der Waals surface area contributed by atoms with Crippen molar-refractivity contribution in [2.45, 2.75) is 94.9 Å². The van der Waals surface area contributed by atoms with Gasteiger partial charge in [0.15, 0.2) is 11.5 Å². The fraction of sp³-hybridized carbons (Fsp3) is 0.667. The van der Waals surface area contributed by atoms with Crippen LogP contribution in [0.15, 0.2) is 65.0 Å². The molecule has 3 saturated heterocycles. The predicted molar refractivity (Wildman–Crippen MR) is 191 cm³/mol. The van der Waals surface area contributed by atoms with Crippen molar-refractivity contribution in [1.29, 1.82) is 0 Å². The third kappa shape index (κ3) is 6.10. The number of methoxy groups -OCH3 is 1. The lowest BCUT2D eigenvalue weighted by Crippen LogP contribution is -2.61. The Balaban J connectivity index is 1.19. The Bertz CT molecular complexity index is 1490. The Morgan fingerprint density at radius 1 is 1.00 bits per heavy atom. The van der Waals surface area contributed by atoms with Crippen molar-refractivity contribution in [3.8, 4) is 0 Å². The summed E-state index contributed by atoms with van der Waals surface area (Å²) in [5, 5.41) is 33.6. The second kappa shape index (κ2) is 14.2. The summed E-state index contributed by atoms with van der Waals surface area (Å²) in [7, 11) is 5.50. The Labute approximate surface area is 298 Å². The summed E-state index contributed by atoms with van der Waals surface area (Å²) >= 11 is 0. The second-order valence-corrected chi connectivity index (χ2v) is 18.2. The molecule has 0 aromatic heterocycles. The quantitative estimate of drug-likeness (QED) is 0.250. The zero-order chi connectivity index (χ0) is 33.7. The van der Waals surface area contributed by atoms with Crippen molar-refractivity contribution in [3.05, 3.63) is 70.6 Å². The monoisotopic (exact) mass is 709 g/mol. The number of carbonyl (C=O) groups excluding carboxylic acids is 1. The van der Waals surface area contributed by atoms with E-state index in [9.17, 15) is 20.1 Å². The smallest absolute Gasteiger partial charge is 0.345 e. The molecule has 7 aliphatic rings. The maximum absolute atomic E-state index is 12.7. The minimum absolute atomic E-state index is 0.00407. The summed E-state index contributed by atoms with van der Waals surface area (Å²) in [6.07, 6.45) is 14.1. The van der Waals surface area contributed by atoms with Gasteiger partial charge in [-0.25, -0.2) is 4.79 Å². The molecule has 1 aromatic rings. The van der Waals surface area contributed by atoms with Gasteiger partial charge in [0.05, 0.1) is 32.3 Å². The van der Waals surface area contributed by atoms with E-state index < -0.39 is 24.6 Å². The number of esters is 1. The van der Waals surface area contributed by atoms with Crippen molar-refractivity contribution in [3.63, 3.8) is 0 Å². The average molecular weight is 710 g/mol. The Kier molecular flexibility index (Phi) is 9.92. The van der Waals surface area contributed by atoms with Gasteiger partial charge in [0, 0.05) is 35.5 Å². The van der Waals surface area contributed by atoms with Crippen LogP contribution in [0.25, 0.3) is 0 Å². The molecule has 49 heavy (non-hydrogen) atoms. The highest BCUT2D eigenvalue weighted by molar-refractivity contribution is 8.76. The van der Waals surface area contributed by atoms with Crippen molar-refractivity contribution < 1.29 is 34.3 Å². The van der Waals surface area contributed by atoms with E-state index in [-0.39, 0.29) is 47.7 Å². The van der Waals surface area contributed by atoms with Crippen LogP contribution in [0, 0.1) is 35.0 Å². The third-order valence-electron chi connectivity index (χ3n) is 13.3. The maximum atomic E-state index is 12.7. The Morgan fingerprint density at radius 2 is 1.78 bits per heavy atom. The third-order valence-corrected chi connectivity index (χ3v) is 15.8. The Hall–Kier alpha value is -1.95. The molecule has 3 N–H and O–H groups in total. The fourth-order valence-corrected chi connectivity index (χ4v) is 13.9. The van der Waals surface area contributed by atoms with Crippen LogP contribution in [0.4, 0.5) is 0 Å². The highest BCUT2D eigenvalue weighted by Gasteiger charge is 2.56. The lowest BCUT2D eigenvalue weighted by Gasteiger charge is -2.52. The maximum Gasteiger partial charge on any atom is 0.345 e. The standard InChI is InChI=1S/C39H51NO7S2/c1-45-35-28(20-42)38(44)47-37(35)36-27(19-41)34-31-17-24(15-23-7-3-2-4-8-23)16-30-32(43)18-29-25(11-14-39(29)12-5-6-13-39)21-48-49-22-26(40(30)31)9-10-33(34)46-36/h2-4,7-8,10,24-27,29-32,34,41-43H,5-6,9,11-22H2,1H3/t24-,25-,26-,27-,29-,30+,31+,32-,34-/m0/s1. The lowest BCUT2D eigenvalue weighted by atomic mass is 9.69. The number of carbonyl (C=O) groups is 1. The number of ether oxygens (including phenoxy) is 3. The van der Waals surface area contributed by atoms with Gasteiger partial charge in [0.1, 0.15) is 11.3 Å². The molecule has 5 heterocycles. The van der Waals surface area contributed by atoms with Crippen LogP contribution < -0.4 is 0 Å². The molecule has 0 bridgehead atoms. The first-order chi connectivity index (χ1) is 23.9. The van der Waals surface area contributed by atoms with Crippen LogP contribution in [0.3, 0.4) is 0 Å². The summed E-state index contributed by atoms with van der Waals surface area (Å²) in [5.74, 6) is 3.97. The predicted octanol–water partition coefficient (Wildman–Crippen LogP) is 5.98. The van der Waals surface area contributed by atoms with Gasteiger partial charge in [-0.05, 0) is 92.6 Å². The number of piperidine rings is 1. The number of cyclic esters (lactones) is 1. The molecule has 8 nitrogen and oxygen atoms in total. The number of benzene rings is 1. The minimum atomic E-state index is -0.654. The summed E-state index contributed by atoms with van der Waals surface area (Å²) in [4.78, 5) is 15.4. The molecule has 9 atom stereocenters. The summed E-state index contributed by atoms with van der Waals surface area (Å²) in [5.41, 5.74) is 1.77. The van der Waals surface area contributed by atoms with Gasteiger partial charge in [0.25, 0.3) is 0 Å². The molecular formula is C39H51NO7S2. The summed E-state index contributed by atoms with van der Waals surface area (Å²) in [6.45, 7) is -0.696. The average Bonchev–Trinajstić information content (AvgIpc) is 3.87. The van der Waals surface area contributed by atoms with E-state index in [0.717, 1.165) is 43.6 Å². The Morgan fingerprint density at radius 3 is 2.53 bits per heavy atom. The van der Waals surface area contributed by atoms with Crippen molar-refractivity contribution in [2.75, 3.05) is 31.8 Å². The molecule has 10 heteroatoms. The number of fused-ring (bicyclic) bond motifs is 4. The first kappa shape index (κ1) is 34.2. The normalized spacial score (nSPS) is 39.0. The molecule has 1 spiro atoms. The molecule has 0 radical (unpaired) electrons. The number of hydrogen-bond donors (Lipinski definition) is 3. The van der Waals surface area contributed by atoms with E-state index >= 15 is 0 Å². The molecule has 2 saturated carbocycles.